The standard InChI is InChI=1S/C14H17NOS/c1-17-14-7-3-6-13(12(14)10-15)16-9-8-11-4-2-5-11/h3,6-7,11H,2,4-5,8-9H2,1H3. The summed E-state index contributed by atoms with van der Waals surface area (Å²) >= 11 is 1.59. The van der Waals surface area contributed by atoms with E-state index in [4.69, 9.17) is 10.00 Å². The number of benzene rings is 1. The van der Waals surface area contributed by atoms with Crippen molar-refractivity contribution in [3.05, 3.63) is 23.8 Å². The zero-order valence-electron chi connectivity index (χ0n) is 10.1. The van der Waals surface area contributed by atoms with Gasteiger partial charge in [-0.3, -0.25) is 0 Å². The Morgan fingerprint density at radius 3 is 2.88 bits per heavy atom. The van der Waals surface area contributed by atoms with Gasteiger partial charge in [-0.2, -0.15) is 5.26 Å². The van der Waals surface area contributed by atoms with Gasteiger partial charge in [0.1, 0.15) is 17.4 Å². The number of hydrogen-bond acceptors (Lipinski definition) is 3. The Kier molecular flexibility index (Phi) is 4.33. The van der Waals surface area contributed by atoms with Crippen molar-refractivity contribution in [3.63, 3.8) is 0 Å². The van der Waals surface area contributed by atoms with Crippen LogP contribution in [0.3, 0.4) is 0 Å². The van der Waals surface area contributed by atoms with Crippen molar-refractivity contribution in [3.8, 4) is 11.8 Å². The van der Waals surface area contributed by atoms with Crippen LogP contribution < -0.4 is 4.74 Å². The first kappa shape index (κ1) is 12.3. The average Bonchev–Trinajstić information content (AvgIpc) is 2.31. The SMILES string of the molecule is CSc1cccc(OCCC2CCC2)c1C#N. The van der Waals surface area contributed by atoms with Gasteiger partial charge in [0.05, 0.1) is 6.61 Å². The summed E-state index contributed by atoms with van der Waals surface area (Å²) in [4.78, 5) is 0.994. The first-order valence-corrected chi connectivity index (χ1v) is 7.27. The van der Waals surface area contributed by atoms with E-state index in [-0.39, 0.29) is 0 Å². The number of rotatable bonds is 5. The van der Waals surface area contributed by atoms with Crippen LogP contribution in [0.5, 0.6) is 5.75 Å². The maximum absolute atomic E-state index is 9.15. The average molecular weight is 247 g/mol. The quantitative estimate of drug-likeness (QED) is 0.741. The molecule has 90 valence electrons. The van der Waals surface area contributed by atoms with Gasteiger partial charge in [-0.05, 0) is 30.7 Å². The number of thioether (sulfide) groups is 1. The van der Waals surface area contributed by atoms with E-state index in [1.807, 2.05) is 24.5 Å². The Bertz CT molecular complexity index is 421. The van der Waals surface area contributed by atoms with Crippen molar-refractivity contribution in [2.75, 3.05) is 12.9 Å². The predicted molar refractivity (Wildman–Crippen MR) is 70.4 cm³/mol. The molecule has 0 aliphatic heterocycles. The third kappa shape index (κ3) is 2.95. The summed E-state index contributed by atoms with van der Waals surface area (Å²) in [7, 11) is 0. The molecular weight excluding hydrogens is 230 g/mol. The molecule has 1 fully saturated rings. The zero-order chi connectivity index (χ0) is 12.1. The largest absolute Gasteiger partial charge is 0.492 e. The van der Waals surface area contributed by atoms with Gasteiger partial charge in [0.2, 0.25) is 0 Å². The van der Waals surface area contributed by atoms with Crippen molar-refractivity contribution >= 4 is 11.8 Å². The molecule has 2 rings (SSSR count). The molecule has 0 radical (unpaired) electrons. The summed E-state index contributed by atoms with van der Waals surface area (Å²) in [6.07, 6.45) is 7.16. The highest BCUT2D eigenvalue weighted by Crippen LogP contribution is 2.31. The number of nitrogens with zero attached hydrogens (tertiary/aromatic N) is 1. The summed E-state index contributed by atoms with van der Waals surface area (Å²) in [6.45, 7) is 0.733. The van der Waals surface area contributed by atoms with Gasteiger partial charge in [-0.15, -0.1) is 11.8 Å². The molecule has 0 bridgehead atoms. The summed E-state index contributed by atoms with van der Waals surface area (Å²) in [6, 6.07) is 8.03. The maximum Gasteiger partial charge on any atom is 0.138 e. The summed E-state index contributed by atoms with van der Waals surface area (Å²) in [5, 5.41) is 9.15. The molecule has 0 atom stereocenters. The lowest BCUT2D eigenvalue weighted by Crippen LogP contribution is -2.14. The van der Waals surface area contributed by atoms with Crippen LogP contribution in [0.2, 0.25) is 0 Å². The van der Waals surface area contributed by atoms with Gasteiger partial charge in [-0.1, -0.05) is 25.3 Å². The van der Waals surface area contributed by atoms with E-state index in [2.05, 4.69) is 6.07 Å². The highest BCUT2D eigenvalue weighted by Gasteiger charge is 2.17. The van der Waals surface area contributed by atoms with E-state index in [1.165, 1.54) is 19.3 Å². The van der Waals surface area contributed by atoms with Crippen LogP contribution >= 0.6 is 11.8 Å². The minimum atomic E-state index is 0.675. The Balaban J connectivity index is 1.97. The van der Waals surface area contributed by atoms with Gasteiger partial charge in [0.25, 0.3) is 0 Å². The molecule has 1 aromatic carbocycles. The van der Waals surface area contributed by atoms with Crippen molar-refractivity contribution in [2.45, 2.75) is 30.6 Å². The Morgan fingerprint density at radius 2 is 2.29 bits per heavy atom. The highest BCUT2D eigenvalue weighted by molar-refractivity contribution is 7.98. The second-order valence-corrected chi connectivity index (χ2v) is 5.23. The first-order valence-electron chi connectivity index (χ1n) is 6.05. The number of nitriles is 1. The lowest BCUT2D eigenvalue weighted by Gasteiger charge is -2.25. The summed E-state index contributed by atoms with van der Waals surface area (Å²) < 4.78 is 5.74. The molecule has 2 nitrogen and oxygen atoms in total. The third-order valence-corrected chi connectivity index (χ3v) is 4.11. The molecular formula is C14H17NOS. The number of ether oxygens (including phenoxy) is 1. The molecule has 0 aromatic heterocycles. The first-order chi connectivity index (χ1) is 8.35. The van der Waals surface area contributed by atoms with Crippen molar-refractivity contribution < 1.29 is 4.74 Å². The fraction of sp³-hybridized carbons (Fsp3) is 0.500. The van der Waals surface area contributed by atoms with Crippen LogP contribution in [0.25, 0.3) is 0 Å². The Morgan fingerprint density at radius 1 is 1.47 bits per heavy atom. The monoisotopic (exact) mass is 247 g/mol. The molecule has 0 unspecified atom stereocenters. The van der Waals surface area contributed by atoms with E-state index < -0.39 is 0 Å². The van der Waals surface area contributed by atoms with Gasteiger partial charge >= 0.3 is 0 Å². The van der Waals surface area contributed by atoms with E-state index in [0.717, 1.165) is 29.6 Å². The van der Waals surface area contributed by atoms with Crippen LogP contribution in [-0.4, -0.2) is 12.9 Å². The van der Waals surface area contributed by atoms with Crippen LogP contribution in [0, 0.1) is 17.2 Å². The summed E-state index contributed by atoms with van der Waals surface area (Å²) in [5.74, 6) is 1.59. The van der Waals surface area contributed by atoms with E-state index in [9.17, 15) is 0 Å². The maximum atomic E-state index is 9.15. The number of hydrogen-bond donors (Lipinski definition) is 0. The van der Waals surface area contributed by atoms with Crippen LogP contribution in [0.4, 0.5) is 0 Å². The van der Waals surface area contributed by atoms with Crippen LogP contribution in [0.15, 0.2) is 23.1 Å². The lowest BCUT2D eigenvalue weighted by atomic mass is 9.83. The lowest BCUT2D eigenvalue weighted by molar-refractivity contribution is 0.221. The zero-order valence-corrected chi connectivity index (χ0v) is 10.9. The fourth-order valence-electron chi connectivity index (χ4n) is 2.03. The molecule has 3 heteroatoms. The van der Waals surface area contributed by atoms with Gasteiger partial charge < -0.3 is 4.74 Å². The molecule has 0 amide bonds. The third-order valence-electron chi connectivity index (χ3n) is 3.33. The molecule has 0 heterocycles. The molecule has 17 heavy (non-hydrogen) atoms. The molecule has 0 N–H and O–H groups in total. The van der Waals surface area contributed by atoms with Gasteiger partial charge in [-0.25, -0.2) is 0 Å². The van der Waals surface area contributed by atoms with E-state index in [1.54, 1.807) is 11.8 Å². The second kappa shape index (κ2) is 5.97. The van der Waals surface area contributed by atoms with Crippen molar-refractivity contribution in [2.24, 2.45) is 5.92 Å². The molecule has 1 saturated carbocycles. The van der Waals surface area contributed by atoms with Crippen LogP contribution in [0.1, 0.15) is 31.2 Å². The molecule has 1 aliphatic rings. The second-order valence-electron chi connectivity index (χ2n) is 4.38. The van der Waals surface area contributed by atoms with Gasteiger partial charge in [0.15, 0.2) is 0 Å². The predicted octanol–water partition coefficient (Wildman–Crippen LogP) is 3.85. The topological polar surface area (TPSA) is 33.0 Å². The minimum absolute atomic E-state index is 0.675. The fourth-order valence-corrected chi connectivity index (χ4v) is 2.59. The van der Waals surface area contributed by atoms with E-state index >= 15 is 0 Å². The normalized spacial score (nSPS) is 15.1. The smallest absolute Gasteiger partial charge is 0.138 e. The summed E-state index contributed by atoms with van der Waals surface area (Å²) in [5.41, 5.74) is 0.675. The van der Waals surface area contributed by atoms with Crippen LogP contribution in [-0.2, 0) is 0 Å². The molecule has 0 spiro atoms. The minimum Gasteiger partial charge on any atom is -0.492 e. The van der Waals surface area contributed by atoms with Crippen molar-refractivity contribution in [1.82, 2.24) is 0 Å². The van der Waals surface area contributed by atoms with Crippen molar-refractivity contribution in [1.29, 1.82) is 5.26 Å². The molecule has 1 aromatic rings. The Labute approximate surface area is 107 Å². The molecule has 0 saturated heterocycles. The molecule has 1 aliphatic carbocycles. The highest BCUT2D eigenvalue weighted by atomic mass is 32.2. The van der Waals surface area contributed by atoms with Gasteiger partial charge in [0, 0.05) is 4.90 Å². The van der Waals surface area contributed by atoms with E-state index in [0.29, 0.717) is 5.56 Å². The Hall–Kier alpha value is -1.14.